The van der Waals surface area contributed by atoms with Crippen molar-refractivity contribution in [3.63, 3.8) is 0 Å². The van der Waals surface area contributed by atoms with E-state index in [1.54, 1.807) is 0 Å². The quantitative estimate of drug-likeness (QED) is 0.529. The molecule has 2 aliphatic rings. The van der Waals surface area contributed by atoms with Crippen LogP contribution in [0, 0.1) is 0 Å². The summed E-state index contributed by atoms with van der Waals surface area (Å²) in [4.78, 5) is 0. The Morgan fingerprint density at radius 3 is 2.40 bits per heavy atom. The van der Waals surface area contributed by atoms with Gasteiger partial charge in [-0.3, -0.25) is 5.84 Å². The fourth-order valence-electron chi connectivity index (χ4n) is 1.85. The molecule has 0 aromatic rings. The molecule has 0 aromatic carbocycles. The molecule has 58 valence electrons. The Bertz CT molecular complexity index is 113. The predicted molar refractivity (Wildman–Crippen MR) is 44.8 cm³/mol. The third kappa shape index (κ3) is 1.31. The van der Waals surface area contributed by atoms with Gasteiger partial charge >= 0.3 is 0 Å². The molecule has 2 unspecified atom stereocenters. The molecule has 0 aromatic heterocycles. The molecular weight excluding hydrogens is 144 g/mol. The molecule has 3 heteroatoms. The topological polar surface area (TPSA) is 29.3 Å². The Labute approximate surface area is 66.1 Å². The van der Waals surface area contributed by atoms with Gasteiger partial charge in [0.2, 0.25) is 0 Å². The lowest BCUT2D eigenvalue weighted by atomic mass is 10.1. The van der Waals surface area contributed by atoms with Crippen molar-refractivity contribution in [2.24, 2.45) is 5.84 Å². The van der Waals surface area contributed by atoms with E-state index in [1.807, 2.05) is 5.01 Å². The number of hydrazine groups is 1. The number of nitrogens with two attached hydrogens (primary N) is 1. The van der Waals surface area contributed by atoms with Crippen molar-refractivity contribution in [2.45, 2.75) is 29.8 Å². The maximum Gasteiger partial charge on any atom is 0.0248 e. The highest BCUT2D eigenvalue weighted by molar-refractivity contribution is 8.00. The molecule has 2 N–H and O–H groups in total. The molecule has 10 heavy (non-hydrogen) atoms. The maximum absolute atomic E-state index is 5.74. The van der Waals surface area contributed by atoms with Gasteiger partial charge in [0, 0.05) is 23.6 Å². The minimum absolute atomic E-state index is 0.845. The van der Waals surface area contributed by atoms with Gasteiger partial charge < -0.3 is 0 Å². The highest BCUT2D eigenvalue weighted by Crippen LogP contribution is 2.35. The Kier molecular flexibility index (Phi) is 1.89. The highest BCUT2D eigenvalue weighted by Gasteiger charge is 2.29. The van der Waals surface area contributed by atoms with E-state index in [-0.39, 0.29) is 0 Å². The van der Waals surface area contributed by atoms with Gasteiger partial charge in [-0.15, -0.1) is 0 Å². The molecule has 0 radical (unpaired) electrons. The molecule has 0 spiro atoms. The number of hydrogen-bond acceptors (Lipinski definition) is 3. The molecule has 2 rings (SSSR count). The number of thioether (sulfide) groups is 1. The summed E-state index contributed by atoms with van der Waals surface area (Å²) >= 11 is 2.16. The van der Waals surface area contributed by atoms with Crippen LogP contribution in [0.2, 0.25) is 0 Å². The molecule has 0 amide bonds. The van der Waals surface area contributed by atoms with Crippen LogP contribution in [-0.4, -0.2) is 28.6 Å². The van der Waals surface area contributed by atoms with Crippen molar-refractivity contribution in [1.82, 2.24) is 5.01 Å². The standard InChI is InChI=1S/C7H14N2S/c8-9-4-6-2-1-3-7(5-9)10-6/h6-7H,1-5,8H2. The van der Waals surface area contributed by atoms with Gasteiger partial charge in [-0.05, 0) is 12.8 Å². The molecule has 2 nitrogen and oxygen atoms in total. The van der Waals surface area contributed by atoms with E-state index < -0.39 is 0 Å². The molecule has 2 bridgehead atoms. The summed E-state index contributed by atoms with van der Waals surface area (Å²) in [6.45, 7) is 2.22. The lowest BCUT2D eigenvalue weighted by molar-refractivity contribution is 0.250. The van der Waals surface area contributed by atoms with E-state index in [0.29, 0.717) is 0 Å². The minimum Gasteiger partial charge on any atom is -0.269 e. The van der Waals surface area contributed by atoms with Crippen molar-refractivity contribution < 1.29 is 0 Å². The van der Waals surface area contributed by atoms with Crippen LogP contribution >= 0.6 is 11.8 Å². The monoisotopic (exact) mass is 158 g/mol. The first-order valence-electron chi connectivity index (χ1n) is 4.00. The Morgan fingerprint density at radius 2 is 1.80 bits per heavy atom. The van der Waals surface area contributed by atoms with E-state index in [2.05, 4.69) is 11.8 Å². The maximum atomic E-state index is 5.74. The zero-order valence-corrected chi connectivity index (χ0v) is 6.94. The summed E-state index contributed by atoms with van der Waals surface area (Å²) in [7, 11) is 0. The lowest BCUT2D eigenvalue weighted by Gasteiger charge is -2.38. The minimum atomic E-state index is 0.845. The van der Waals surface area contributed by atoms with E-state index in [9.17, 15) is 0 Å². The second kappa shape index (κ2) is 2.72. The molecule has 0 aliphatic carbocycles. The van der Waals surface area contributed by atoms with Crippen LogP contribution in [0.1, 0.15) is 19.3 Å². The Morgan fingerprint density at radius 1 is 1.20 bits per heavy atom. The molecule has 2 fully saturated rings. The average molecular weight is 158 g/mol. The van der Waals surface area contributed by atoms with Gasteiger partial charge in [-0.1, -0.05) is 6.42 Å². The van der Waals surface area contributed by atoms with E-state index in [4.69, 9.17) is 5.84 Å². The third-order valence-electron chi connectivity index (χ3n) is 2.31. The smallest absolute Gasteiger partial charge is 0.0248 e. The third-order valence-corrected chi connectivity index (χ3v) is 3.85. The molecule has 0 saturated carbocycles. The fraction of sp³-hybridized carbons (Fsp3) is 1.00. The first-order valence-corrected chi connectivity index (χ1v) is 4.94. The van der Waals surface area contributed by atoms with Crippen LogP contribution in [0.25, 0.3) is 0 Å². The van der Waals surface area contributed by atoms with E-state index in [0.717, 1.165) is 23.6 Å². The summed E-state index contributed by atoms with van der Waals surface area (Å²) in [5, 5.41) is 3.68. The van der Waals surface area contributed by atoms with Crippen LogP contribution in [-0.2, 0) is 0 Å². The number of nitrogens with zero attached hydrogens (tertiary/aromatic N) is 1. The van der Waals surface area contributed by atoms with Gasteiger partial charge in [0.05, 0.1) is 0 Å². The highest BCUT2D eigenvalue weighted by atomic mass is 32.2. The molecule has 2 heterocycles. The first-order chi connectivity index (χ1) is 4.84. The molecule has 2 saturated heterocycles. The lowest BCUT2D eigenvalue weighted by Crippen LogP contribution is -2.48. The summed E-state index contributed by atoms with van der Waals surface area (Å²) in [5.41, 5.74) is 0. The first kappa shape index (κ1) is 6.95. The van der Waals surface area contributed by atoms with Crippen molar-refractivity contribution in [2.75, 3.05) is 13.1 Å². The predicted octanol–water partition coefficient (Wildman–Crippen LogP) is 0.830. The summed E-state index contributed by atoms with van der Waals surface area (Å²) < 4.78 is 0. The van der Waals surface area contributed by atoms with Gasteiger partial charge in [-0.25, -0.2) is 5.01 Å². The van der Waals surface area contributed by atoms with Crippen LogP contribution in [0.3, 0.4) is 0 Å². The summed E-state index contributed by atoms with van der Waals surface area (Å²) in [6.07, 6.45) is 4.19. The Hall–Kier alpha value is 0.270. The van der Waals surface area contributed by atoms with Gasteiger partial charge in [-0.2, -0.15) is 11.8 Å². The number of rotatable bonds is 0. The van der Waals surface area contributed by atoms with Crippen LogP contribution in [0.5, 0.6) is 0 Å². The molecular formula is C7H14N2S. The van der Waals surface area contributed by atoms with Crippen LogP contribution in [0.4, 0.5) is 0 Å². The van der Waals surface area contributed by atoms with Gasteiger partial charge in [0.1, 0.15) is 0 Å². The number of hydrogen-bond donors (Lipinski definition) is 1. The van der Waals surface area contributed by atoms with E-state index in [1.165, 1.54) is 19.3 Å². The largest absolute Gasteiger partial charge is 0.269 e. The summed E-state index contributed by atoms with van der Waals surface area (Å²) in [6, 6.07) is 0. The van der Waals surface area contributed by atoms with Crippen molar-refractivity contribution in [3.05, 3.63) is 0 Å². The van der Waals surface area contributed by atoms with Gasteiger partial charge in [0.15, 0.2) is 0 Å². The second-order valence-corrected chi connectivity index (χ2v) is 4.87. The zero-order valence-electron chi connectivity index (χ0n) is 6.12. The van der Waals surface area contributed by atoms with Crippen LogP contribution < -0.4 is 5.84 Å². The van der Waals surface area contributed by atoms with Crippen molar-refractivity contribution >= 4 is 11.8 Å². The second-order valence-electron chi connectivity index (χ2n) is 3.26. The fourth-order valence-corrected chi connectivity index (χ4v) is 3.55. The zero-order chi connectivity index (χ0) is 6.97. The van der Waals surface area contributed by atoms with Crippen molar-refractivity contribution in [3.8, 4) is 0 Å². The van der Waals surface area contributed by atoms with Gasteiger partial charge in [0.25, 0.3) is 0 Å². The Balaban J connectivity index is 1.98. The van der Waals surface area contributed by atoms with Crippen molar-refractivity contribution in [1.29, 1.82) is 0 Å². The van der Waals surface area contributed by atoms with Crippen LogP contribution in [0.15, 0.2) is 0 Å². The molecule has 2 aliphatic heterocycles. The number of fused-ring (bicyclic) bond motifs is 2. The molecule has 2 atom stereocenters. The SMILES string of the molecule is NN1CC2CCCC(C1)S2. The normalized spacial score (nSPS) is 41.7. The average Bonchev–Trinajstić information content (AvgIpc) is 1.85. The summed E-state index contributed by atoms with van der Waals surface area (Å²) in [5.74, 6) is 5.74. The van der Waals surface area contributed by atoms with E-state index >= 15 is 0 Å².